The standard InChI is InChI=1S/C18H24O5S/c1-18-9-8-14-13-5-3-12(22-23-24(20)21)10-11(13)2-4-15(14)16(18)6-7-17(18)19/h4,12,14,16H,2-3,5-10H2,1H3,(H,20,21)/p-1/t12-,14+,16-,18-/m0/s1. The summed E-state index contributed by atoms with van der Waals surface area (Å²) < 4.78 is 25.2. The van der Waals surface area contributed by atoms with Gasteiger partial charge in [-0.3, -0.25) is 4.79 Å². The normalized spacial score (nSPS) is 39.8. The van der Waals surface area contributed by atoms with Crippen LogP contribution in [0, 0.1) is 17.3 Å². The SMILES string of the molecule is C[C@]12CC[C@H]3C(=CCC4=C3CC[C@H](OOS(=O)[O-])C4)[C@@H]1CCC2=O. The van der Waals surface area contributed by atoms with E-state index in [0.29, 0.717) is 17.6 Å². The van der Waals surface area contributed by atoms with Crippen molar-refractivity contribution in [1.82, 2.24) is 0 Å². The lowest BCUT2D eigenvalue weighted by Gasteiger charge is -2.45. The fourth-order valence-corrected chi connectivity index (χ4v) is 5.66. The Bertz CT molecular complexity index is 652. The van der Waals surface area contributed by atoms with E-state index in [2.05, 4.69) is 17.3 Å². The van der Waals surface area contributed by atoms with Gasteiger partial charge in [-0.2, -0.15) is 0 Å². The predicted molar refractivity (Wildman–Crippen MR) is 87.0 cm³/mol. The van der Waals surface area contributed by atoms with Crippen molar-refractivity contribution >= 4 is 17.1 Å². The second-order valence-electron chi connectivity index (χ2n) is 7.79. The average Bonchev–Trinajstić information content (AvgIpc) is 2.88. The van der Waals surface area contributed by atoms with Crippen molar-refractivity contribution in [2.24, 2.45) is 17.3 Å². The molecular weight excluding hydrogens is 328 g/mol. The van der Waals surface area contributed by atoms with Gasteiger partial charge < -0.3 is 4.55 Å². The van der Waals surface area contributed by atoms with Crippen LogP contribution in [0.4, 0.5) is 0 Å². The van der Waals surface area contributed by atoms with Crippen molar-refractivity contribution in [3.8, 4) is 0 Å². The number of carbonyl (C=O) groups is 1. The van der Waals surface area contributed by atoms with Gasteiger partial charge in [-0.25, -0.2) is 9.10 Å². The lowest BCUT2D eigenvalue weighted by molar-refractivity contribution is -0.243. The van der Waals surface area contributed by atoms with Crippen molar-refractivity contribution < 1.29 is 22.8 Å². The zero-order chi connectivity index (χ0) is 16.9. The predicted octanol–water partition coefficient (Wildman–Crippen LogP) is 3.30. The first-order chi connectivity index (χ1) is 11.5. The number of carbonyl (C=O) groups excluding carboxylic acids is 1. The van der Waals surface area contributed by atoms with Crippen LogP contribution in [-0.4, -0.2) is 20.6 Å². The maximum absolute atomic E-state index is 12.3. The molecule has 5 atom stereocenters. The van der Waals surface area contributed by atoms with Gasteiger partial charge in [0.1, 0.15) is 17.1 Å². The molecule has 0 heterocycles. The van der Waals surface area contributed by atoms with Crippen molar-refractivity contribution in [1.29, 1.82) is 0 Å². The van der Waals surface area contributed by atoms with Gasteiger partial charge in [0.05, 0.1) is 6.10 Å². The molecule has 6 heteroatoms. The van der Waals surface area contributed by atoms with Gasteiger partial charge in [0, 0.05) is 17.8 Å². The zero-order valence-electron chi connectivity index (χ0n) is 13.9. The summed E-state index contributed by atoms with van der Waals surface area (Å²) in [4.78, 5) is 17.4. The fourth-order valence-electron chi connectivity index (χ4n) is 5.48. The largest absolute Gasteiger partial charge is 0.748 e. The molecule has 0 aromatic carbocycles. The molecule has 1 unspecified atom stereocenters. The number of Topliss-reactive ketones (excluding diaryl/α,β-unsaturated/α-hetero) is 1. The lowest BCUT2D eigenvalue weighted by Crippen LogP contribution is -2.39. The summed E-state index contributed by atoms with van der Waals surface area (Å²) >= 11 is -2.63. The smallest absolute Gasteiger partial charge is 0.139 e. The van der Waals surface area contributed by atoms with Gasteiger partial charge in [0.2, 0.25) is 0 Å². The van der Waals surface area contributed by atoms with Gasteiger partial charge in [0.25, 0.3) is 0 Å². The molecule has 4 aliphatic rings. The highest BCUT2D eigenvalue weighted by Crippen LogP contribution is 2.58. The molecule has 4 rings (SSSR count). The Morgan fingerprint density at radius 2 is 2.12 bits per heavy atom. The molecule has 0 amide bonds. The Morgan fingerprint density at radius 1 is 1.29 bits per heavy atom. The van der Waals surface area contributed by atoms with Crippen molar-refractivity contribution in [3.05, 3.63) is 22.8 Å². The van der Waals surface area contributed by atoms with Crippen molar-refractivity contribution in [3.63, 3.8) is 0 Å². The van der Waals surface area contributed by atoms with E-state index in [-0.39, 0.29) is 11.5 Å². The summed E-state index contributed by atoms with van der Waals surface area (Å²) in [6, 6.07) is 0. The second-order valence-corrected chi connectivity index (χ2v) is 8.34. The number of fused-ring (bicyclic) bond motifs is 4. The quantitative estimate of drug-likeness (QED) is 0.337. The fraction of sp³-hybridized carbons (Fsp3) is 0.722. The number of rotatable bonds is 3. The summed E-state index contributed by atoms with van der Waals surface area (Å²) in [6.07, 6.45) is 9.35. The molecule has 132 valence electrons. The summed E-state index contributed by atoms with van der Waals surface area (Å²) in [5.41, 5.74) is 4.28. The molecule has 0 saturated heterocycles. The number of allylic oxidation sites excluding steroid dienone is 3. The topological polar surface area (TPSA) is 75.7 Å². The number of ketones is 1. The highest BCUT2D eigenvalue weighted by molar-refractivity contribution is 7.73. The van der Waals surface area contributed by atoms with Crippen LogP contribution in [0.25, 0.3) is 0 Å². The lowest BCUT2D eigenvalue weighted by atomic mass is 9.58. The Kier molecular flexibility index (Phi) is 4.27. The molecule has 0 spiro atoms. The monoisotopic (exact) mass is 351 g/mol. The number of hydrogen-bond acceptors (Lipinski definition) is 5. The van der Waals surface area contributed by atoms with Crippen LogP contribution >= 0.6 is 0 Å². The summed E-state index contributed by atoms with van der Waals surface area (Å²) in [6.45, 7) is 2.17. The molecule has 0 bridgehead atoms. The molecule has 5 nitrogen and oxygen atoms in total. The summed E-state index contributed by atoms with van der Waals surface area (Å²) in [5, 5.41) is 0. The van der Waals surface area contributed by atoms with E-state index in [0.717, 1.165) is 51.4 Å². The molecule has 0 radical (unpaired) electrons. The van der Waals surface area contributed by atoms with Crippen LogP contribution < -0.4 is 0 Å². The number of hydrogen-bond donors (Lipinski definition) is 0. The van der Waals surface area contributed by atoms with Crippen LogP contribution in [0.5, 0.6) is 0 Å². The molecule has 0 aromatic heterocycles. The molecule has 4 aliphatic carbocycles. The minimum absolute atomic E-state index is 0.132. The van der Waals surface area contributed by atoms with E-state index in [4.69, 9.17) is 4.89 Å². The highest BCUT2D eigenvalue weighted by atomic mass is 32.2. The Hall–Kier alpha value is -0.820. The molecule has 24 heavy (non-hydrogen) atoms. The van der Waals surface area contributed by atoms with E-state index >= 15 is 0 Å². The Balaban J connectivity index is 1.51. The summed E-state index contributed by atoms with van der Waals surface area (Å²) in [7, 11) is 0. The van der Waals surface area contributed by atoms with Gasteiger partial charge >= 0.3 is 0 Å². The van der Waals surface area contributed by atoms with Gasteiger partial charge in [-0.15, -0.1) is 4.33 Å². The van der Waals surface area contributed by atoms with Crippen LogP contribution in [0.15, 0.2) is 22.8 Å². The molecule has 0 aliphatic heterocycles. The first kappa shape index (κ1) is 16.6. The van der Waals surface area contributed by atoms with Crippen LogP contribution in [0.1, 0.15) is 58.3 Å². The minimum Gasteiger partial charge on any atom is -0.748 e. The third-order valence-electron chi connectivity index (χ3n) is 6.72. The molecule has 0 N–H and O–H groups in total. The minimum atomic E-state index is -2.63. The average molecular weight is 351 g/mol. The van der Waals surface area contributed by atoms with Crippen molar-refractivity contribution in [2.75, 3.05) is 0 Å². The van der Waals surface area contributed by atoms with E-state index in [9.17, 15) is 13.6 Å². The first-order valence-corrected chi connectivity index (χ1v) is 9.86. The summed E-state index contributed by atoms with van der Waals surface area (Å²) in [5.74, 6) is 1.37. The molecule has 0 aromatic rings. The van der Waals surface area contributed by atoms with E-state index < -0.39 is 11.4 Å². The van der Waals surface area contributed by atoms with Crippen molar-refractivity contribution in [2.45, 2.75) is 64.4 Å². The Morgan fingerprint density at radius 3 is 2.92 bits per heavy atom. The van der Waals surface area contributed by atoms with E-state index in [1.54, 1.807) is 0 Å². The van der Waals surface area contributed by atoms with Gasteiger partial charge in [-0.1, -0.05) is 29.7 Å². The molecular formula is C18H23O5S-. The van der Waals surface area contributed by atoms with Gasteiger partial charge in [0.15, 0.2) is 0 Å². The van der Waals surface area contributed by atoms with Crippen LogP contribution in [-0.2, 0) is 25.4 Å². The zero-order valence-corrected chi connectivity index (χ0v) is 14.7. The van der Waals surface area contributed by atoms with E-state index in [1.807, 2.05) is 0 Å². The second kappa shape index (κ2) is 6.16. The first-order valence-electron chi connectivity index (χ1n) is 8.86. The molecule has 2 fully saturated rings. The third-order valence-corrected chi connectivity index (χ3v) is 6.91. The maximum Gasteiger partial charge on any atom is 0.139 e. The van der Waals surface area contributed by atoms with Crippen LogP contribution in [0.2, 0.25) is 0 Å². The maximum atomic E-state index is 12.3. The highest BCUT2D eigenvalue weighted by Gasteiger charge is 2.52. The molecule has 2 saturated carbocycles. The van der Waals surface area contributed by atoms with E-state index in [1.165, 1.54) is 16.7 Å². The third kappa shape index (κ3) is 2.64. The van der Waals surface area contributed by atoms with Gasteiger partial charge in [-0.05, 0) is 50.9 Å². The van der Waals surface area contributed by atoms with Crippen LogP contribution in [0.3, 0.4) is 0 Å². The Labute approximate surface area is 144 Å².